The van der Waals surface area contributed by atoms with Crippen LogP contribution in [0.4, 0.5) is 4.79 Å². The predicted molar refractivity (Wildman–Crippen MR) is 76.5 cm³/mol. The lowest BCUT2D eigenvalue weighted by atomic mass is 9.95. The number of urea groups is 1. The van der Waals surface area contributed by atoms with Gasteiger partial charge in [0.25, 0.3) is 5.91 Å². The molecular formula is C13H15N5O2S. The summed E-state index contributed by atoms with van der Waals surface area (Å²) in [7, 11) is 1.77. The number of nitrogens with zero attached hydrogens (tertiary/aromatic N) is 4. The summed E-state index contributed by atoms with van der Waals surface area (Å²) in [6.07, 6.45) is 5.03. The summed E-state index contributed by atoms with van der Waals surface area (Å²) >= 11 is 1.48. The van der Waals surface area contributed by atoms with Gasteiger partial charge in [0.05, 0.1) is 17.7 Å². The fourth-order valence-electron chi connectivity index (χ4n) is 2.35. The van der Waals surface area contributed by atoms with Gasteiger partial charge in [-0.1, -0.05) is 0 Å². The number of aromatic nitrogens is 3. The average molecular weight is 305 g/mol. The van der Waals surface area contributed by atoms with Crippen LogP contribution < -0.4 is 5.32 Å². The number of thiazole rings is 1. The molecule has 21 heavy (non-hydrogen) atoms. The largest absolute Gasteiger partial charge is 0.325 e. The molecular weight excluding hydrogens is 290 g/mol. The molecule has 2 aromatic heterocycles. The monoisotopic (exact) mass is 305 g/mol. The minimum absolute atomic E-state index is 0.242. The molecule has 0 aliphatic carbocycles. The third-order valence-corrected chi connectivity index (χ3v) is 4.44. The molecule has 3 heterocycles. The third kappa shape index (κ3) is 2.21. The zero-order chi connectivity index (χ0) is 15.2. The van der Waals surface area contributed by atoms with Crippen molar-refractivity contribution in [1.82, 2.24) is 25.0 Å². The van der Waals surface area contributed by atoms with E-state index in [1.165, 1.54) is 16.2 Å². The van der Waals surface area contributed by atoms with Crippen LogP contribution >= 0.6 is 11.3 Å². The maximum absolute atomic E-state index is 12.6. The van der Waals surface area contributed by atoms with Crippen LogP contribution in [0.25, 0.3) is 0 Å². The highest BCUT2D eigenvalue weighted by atomic mass is 32.1. The SMILES string of the molecule is Cc1ncc(CN2C(=O)N[C@@](C)(c3cnn(C)c3)C2=O)s1. The van der Waals surface area contributed by atoms with Crippen molar-refractivity contribution >= 4 is 23.3 Å². The maximum atomic E-state index is 12.6. The summed E-state index contributed by atoms with van der Waals surface area (Å²) in [5.74, 6) is -0.272. The second-order valence-corrected chi connectivity index (χ2v) is 6.51. The molecule has 1 fully saturated rings. The van der Waals surface area contributed by atoms with E-state index in [-0.39, 0.29) is 12.5 Å². The van der Waals surface area contributed by atoms with Crippen molar-refractivity contribution in [2.24, 2.45) is 7.05 Å². The topological polar surface area (TPSA) is 80.1 Å². The molecule has 0 spiro atoms. The minimum atomic E-state index is -1.06. The summed E-state index contributed by atoms with van der Waals surface area (Å²) in [6.45, 7) is 3.83. The number of carbonyl (C=O) groups excluding carboxylic acids is 2. The van der Waals surface area contributed by atoms with Crippen molar-refractivity contribution < 1.29 is 9.59 Å². The Kier molecular flexibility index (Phi) is 3.05. The Morgan fingerprint density at radius 3 is 2.71 bits per heavy atom. The van der Waals surface area contributed by atoms with E-state index in [0.29, 0.717) is 5.56 Å². The maximum Gasteiger partial charge on any atom is 0.325 e. The molecule has 1 saturated heterocycles. The van der Waals surface area contributed by atoms with Gasteiger partial charge in [0.15, 0.2) is 0 Å². The van der Waals surface area contributed by atoms with Crippen molar-refractivity contribution in [3.05, 3.63) is 34.0 Å². The number of nitrogens with one attached hydrogen (secondary N) is 1. The second kappa shape index (κ2) is 4.66. The molecule has 110 valence electrons. The van der Waals surface area contributed by atoms with Crippen LogP contribution in [0, 0.1) is 6.92 Å². The number of amides is 3. The van der Waals surface area contributed by atoms with Crippen LogP contribution in [-0.2, 0) is 23.9 Å². The highest BCUT2D eigenvalue weighted by Crippen LogP contribution is 2.30. The van der Waals surface area contributed by atoms with Gasteiger partial charge in [-0.05, 0) is 13.8 Å². The molecule has 0 bridgehead atoms. The molecule has 1 atom stereocenters. The Labute approximate surface area is 125 Å². The van der Waals surface area contributed by atoms with Crippen molar-refractivity contribution in [3.63, 3.8) is 0 Å². The molecule has 8 heteroatoms. The van der Waals surface area contributed by atoms with E-state index in [1.54, 1.807) is 37.2 Å². The van der Waals surface area contributed by atoms with Crippen LogP contribution in [0.2, 0.25) is 0 Å². The van der Waals surface area contributed by atoms with Crippen molar-refractivity contribution in [3.8, 4) is 0 Å². The molecule has 2 aromatic rings. The first-order valence-electron chi connectivity index (χ1n) is 6.44. The standard InChI is InChI=1S/C13H15N5O2S/c1-8-14-5-10(21-8)7-18-11(19)13(2,16-12(18)20)9-4-15-17(3)6-9/h4-6H,7H2,1-3H3,(H,16,20)/t13-/m0/s1. The molecule has 1 aliphatic heterocycles. The number of imide groups is 1. The van der Waals surface area contributed by atoms with Crippen LogP contribution in [-0.4, -0.2) is 31.6 Å². The second-order valence-electron chi connectivity index (χ2n) is 5.19. The number of carbonyl (C=O) groups is 2. The fraction of sp³-hybridized carbons (Fsp3) is 0.385. The molecule has 7 nitrogen and oxygen atoms in total. The normalized spacial score (nSPS) is 22.0. The van der Waals surface area contributed by atoms with E-state index in [1.807, 2.05) is 6.92 Å². The molecule has 0 unspecified atom stereocenters. The Morgan fingerprint density at radius 2 is 2.14 bits per heavy atom. The first kappa shape index (κ1) is 13.7. The van der Waals surface area contributed by atoms with E-state index in [2.05, 4.69) is 15.4 Å². The summed E-state index contributed by atoms with van der Waals surface area (Å²) in [5, 5.41) is 7.73. The van der Waals surface area contributed by atoms with E-state index in [9.17, 15) is 9.59 Å². The molecule has 1 aliphatic rings. The predicted octanol–water partition coefficient (Wildman–Crippen LogP) is 1.15. The van der Waals surface area contributed by atoms with E-state index >= 15 is 0 Å². The average Bonchev–Trinajstić information content (AvgIpc) is 3.08. The van der Waals surface area contributed by atoms with Crippen LogP contribution in [0.15, 0.2) is 18.6 Å². The van der Waals surface area contributed by atoms with Gasteiger partial charge >= 0.3 is 6.03 Å². The molecule has 1 N–H and O–H groups in total. The number of hydrogen-bond acceptors (Lipinski definition) is 5. The summed E-state index contributed by atoms with van der Waals surface area (Å²) in [6, 6.07) is -0.391. The molecule has 3 rings (SSSR count). The van der Waals surface area contributed by atoms with Crippen LogP contribution in [0.3, 0.4) is 0 Å². The highest BCUT2D eigenvalue weighted by molar-refractivity contribution is 7.11. The zero-order valence-electron chi connectivity index (χ0n) is 12.0. The van der Waals surface area contributed by atoms with Crippen LogP contribution in [0.5, 0.6) is 0 Å². The van der Waals surface area contributed by atoms with Crippen molar-refractivity contribution in [2.45, 2.75) is 25.9 Å². The fourth-order valence-corrected chi connectivity index (χ4v) is 3.13. The van der Waals surface area contributed by atoms with Gasteiger partial charge in [0, 0.05) is 29.9 Å². The van der Waals surface area contributed by atoms with Gasteiger partial charge in [0.2, 0.25) is 0 Å². The van der Waals surface area contributed by atoms with Crippen molar-refractivity contribution in [1.29, 1.82) is 0 Å². The molecule has 0 radical (unpaired) electrons. The Bertz CT molecular complexity index is 722. The van der Waals surface area contributed by atoms with E-state index in [0.717, 1.165) is 9.88 Å². The number of aryl methyl sites for hydroxylation is 2. The number of hydrogen-bond donors (Lipinski definition) is 1. The minimum Gasteiger partial charge on any atom is -0.319 e. The summed E-state index contributed by atoms with van der Waals surface area (Å²) in [4.78, 5) is 31.0. The van der Waals surface area contributed by atoms with E-state index in [4.69, 9.17) is 0 Å². The Morgan fingerprint density at radius 1 is 1.38 bits per heavy atom. The quantitative estimate of drug-likeness (QED) is 0.863. The molecule has 0 aromatic carbocycles. The first-order chi connectivity index (χ1) is 9.90. The van der Waals surface area contributed by atoms with Gasteiger partial charge in [-0.15, -0.1) is 11.3 Å². The Hall–Kier alpha value is -2.22. The van der Waals surface area contributed by atoms with Gasteiger partial charge in [-0.25, -0.2) is 9.78 Å². The van der Waals surface area contributed by atoms with E-state index < -0.39 is 11.6 Å². The van der Waals surface area contributed by atoms with Gasteiger partial charge < -0.3 is 5.32 Å². The number of rotatable bonds is 3. The zero-order valence-corrected chi connectivity index (χ0v) is 12.8. The van der Waals surface area contributed by atoms with Crippen molar-refractivity contribution in [2.75, 3.05) is 0 Å². The summed E-state index contributed by atoms with van der Waals surface area (Å²) in [5.41, 5.74) is -0.392. The lowest BCUT2D eigenvalue weighted by Crippen LogP contribution is -2.40. The Balaban J connectivity index is 1.88. The highest BCUT2D eigenvalue weighted by Gasteiger charge is 2.49. The van der Waals surface area contributed by atoms with Gasteiger partial charge in [-0.2, -0.15) is 5.10 Å². The van der Waals surface area contributed by atoms with Gasteiger partial charge in [0.1, 0.15) is 5.54 Å². The van der Waals surface area contributed by atoms with Crippen LogP contribution in [0.1, 0.15) is 22.4 Å². The molecule has 0 saturated carbocycles. The lowest BCUT2D eigenvalue weighted by Gasteiger charge is -2.19. The third-order valence-electron chi connectivity index (χ3n) is 3.54. The summed E-state index contributed by atoms with van der Waals surface area (Å²) < 4.78 is 1.61. The first-order valence-corrected chi connectivity index (χ1v) is 7.26. The van der Waals surface area contributed by atoms with Gasteiger partial charge in [-0.3, -0.25) is 14.4 Å². The smallest absolute Gasteiger partial charge is 0.319 e. The molecule has 3 amide bonds. The lowest BCUT2D eigenvalue weighted by molar-refractivity contribution is -0.131.